The van der Waals surface area contributed by atoms with Gasteiger partial charge in [-0.1, -0.05) is 140 Å². The molecule has 1 saturated carbocycles. The fraction of sp³-hybridized carbons (Fsp3) is 0.184. The molecule has 0 bridgehead atoms. The smallest absolute Gasteiger partial charge is 0.0708 e. The second kappa shape index (κ2) is 14.7. The van der Waals surface area contributed by atoms with E-state index in [0.717, 1.165) is 83.3 Å². The molecule has 0 amide bonds. The van der Waals surface area contributed by atoms with Crippen LogP contribution in [0.2, 0.25) is 0 Å². The lowest BCUT2D eigenvalue weighted by atomic mass is 9.91. The van der Waals surface area contributed by atoms with Gasteiger partial charge in [0, 0.05) is 29.0 Å². The van der Waals surface area contributed by atoms with Gasteiger partial charge in [-0.25, -0.2) is 0 Å². The fourth-order valence-electron chi connectivity index (χ4n) is 7.42. The van der Waals surface area contributed by atoms with Gasteiger partial charge in [-0.3, -0.25) is 9.97 Å². The first kappa shape index (κ1) is 28.1. The van der Waals surface area contributed by atoms with Crippen LogP contribution in [0.5, 0.6) is 0 Å². The van der Waals surface area contributed by atoms with Gasteiger partial charge in [-0.05, 0) is 119 Å². The Morgan fingerprint density at radius 1 is 0.549 bits per heavy atom. The minimum Gasteiger partial charge on any atom is -0.256 e. The third kappa shape index (κ3) is 7.47. The largest absolute Gasteiger partial charge is 0.256 e. The number of hydrogen-bond acceptors (Lipinski definition) is 2. The van der Waals surface area contributed by atoms with Gasteiger partial charge in [0.05, 0.1) is 11.4 Å². The molecule has 0 atom stereocenters. The number of rotatable bonds is 9. The Morgan fingerprint density at radius 3 is 1.94 bits per heavy atom. The Morgan fingerprint density at radius 2 is 1.22 bits per heavy atom. The maximum absolute atomic E-state index is 8.87. The van der Waals surface area contributed by atoms with Crippen molar-refractivity contribution >= 4 is 0 Å². The van der Waals surface area contributed by atoms with Crippen LogP contribution in [0, 0.1) is 13.8 Å². The molecule has 2 heterocycles. The van der Waals surface area contributed by atoms with Gasteiger partial charge < -0.3 is 0 Å². The highest BCUT2D eigenvalue weighted by atomic mass is 14.7. The highest BCUT2D eigenvalue weighted by molar-refractivity contribution is 5.85. The summed E-state index contributed by atoms with van der Waals surface area (Å²) in [6.45, 7) is 0.0168. The summed E-state index contributed by atoms with van der Waals surface area (Å²) in [5, 5.41) is 0. The first-order chi connectivity index (χ1) is 26.6. The second-order valence-electron chi connectivity index (χ2n) is 13.8. The van der Waals surface area contributed by atoms with Crippen molar-refractivity contribution in [2.75, 3.05) is 0 Å². The summed E-state index contributed by atoms with van der Waals surface area (Å²) < 4.78 is 31.6. The lowest BCUT2D eigenvalue weighted by Gasteiger charge is -2.14. The molecule has 2 heteroatoms. The van der Waals surface area contributed by atoms with E-state index in [1.54, 1.807) is 12.1 Å². The fourth-order valence-corrected chi connectivity index (χ4v) is 7.42. The zero-order chi connectivity index (χ0) is 38.0. The highest BCUT2D eigenvalue weighted by Crippen LogP contribution is 2.37. The van der Waals surface area contributed by atoms with Crippen molar-refractivity contribution in [2.24, 2.45) is 0 Å². The molecule has 0 saturated heterocycles. The molecule has 1 fully saturated rings. The molecule has 2 aromatic heterocycles. The van der Waals surface area contributed by atoms with Crippen LogP contribution in [-0.4, -0.2) is 9.97 Å². The quantitative estimate of drug-likeness (QED) is 0.153. The SMILES string of the molecule is [2H]C([2H])([2H])c1ccc(-c2ccc(CCc3cc(C)cc(-c4ccccc4-c4ccc(-c5cc(-c6ccc(C7([2H])CCCC7)cc6)ccn5)cc4)c3)cc2)nc1. The van der Waals surface area contributed by atoms with Crippen LogP contribution in [0.3, 0.4) is 0 Å². The van der Waals surface area contributed by atoms with E-state index >= 15 is 0 Å². The third-order valence-corrected chi connectivity index (χ3v) is 10.2. The molecule has 0 N–H and O–H groups in total. The number of benzene rings is 5. The monoisotopic (exact) mass is 664 g/mol. The average Bonchev–Trinajstić information content (AvgIpc) is 3.67. The van der Waals surface area contributed by atoms with Gasteiger partial charge in [-0.15, -0.1) is 0 Å². The van der Waals surface area contributed by atoms with Gasteiger partial charge in [-0.2, -0.15) is 0 Å². The molecular weight excluding hydrogens is 617 g/mol. The molecule has 2 nitrogen and oxygen atoms in total. The molecule has 5 aromatic carbocycles. The van der Waals surface area contributed by atoms with Gasteiger partial charge in [0.2, 0.25) is 0 Å². The summed E-state index contributed by atoms with van der Waals surface area (Å²) in [6, 6.07) is 48.9. The number of aryl methyl sites for hydroxylation is 4. The van der Waals surface area contributed by atoms with Crippen LogP contribution in [0.15, 0.2) is 152 Å². The number of hydrogen-bond donors (Lipinski definition) is 0. The van der Waals surface area contributed by atoms with Crippen LogP contribution in [-0.2, 0) is 12.8 Å². The summed E-state index contributed by atoms with van der Waals surface area (Å²) in [7, 11) is 0. The van der Waals surface area contributed by atoms with Gasteiger partial charge in [0.25, 0.3) is 0 Å². The predicted octanol–water partition coefficient (Wildman–Crippen LogP) is 12.9. The molecule has 0 aliphatic heterocycles. The Hall–Kier alpha value is -5.60. The number of nitrogens with zero attached hydrogens (tertiary/aromatic N) is 2. The van der Waals surface area contributed by atoms with E-state index in [2.05, 4.69) is 139 Å². The minimum atomic E-state index is -2.15. The normalized spacial score (nSPS) is 15.1. The topological polar surface area (TPSA) is 25.8 Å². The molecule has 250 valence electrons. The lowest BCUT2D eigenvalue weighted by molar-refractivity contribution is 0.723. The summed E-state index contributed by atoms with van der Waals surface area (Å²) in [4.78, 5) is 9.12. The molecule has 1 aliphatic carbocycles. The van der Waals surface area contributed by atoms with Crippen molar-refractivity contribution < 1.29 is 5.48 Å². The molecule has 1 aliphatic rings. The summed E-state index contributed by atoms with van der Waals surface area (Å²) in [5.74, 6) is -0.431. The predicted molar refractivity (Wildman–Crippen MR) is 214 cm³/mol. The van der Waals surface area contributed by atoms with Crippen LogP contribution >= 0.6 is 0 Å². The number of aromatic nitrogens is 2. The molecule has 0 unspecified atom stereocenters. The maximum atomic E-state index is 8.87. The minimum absolute atomic E-state index is 0.252. The Labute approximate surface area is 308 Å². The standard InChI is InChI=1S/C49H44N2/c1-34-11-26-48(51-33-34)42-16-14-36(15-17-42)12-13-37-29-35(2)30-45(31-37)47-10-6-5-9-46(47)41-22-24-43(25-23-41)49-32-44(27-28-50-49)40-20-18-39(19-21-40)38-7-3-4-8-38/h5-6,9-11,14-33,38H,3-4,7-8,12-13H2,1-2H3/i1D3,38D. The van der Waals surface area contributed by atoms with Crippen LogP contribution in [0.25, 0.3) is 55.9 Å². The lowest BCUT2D eigenvalue weighted by Crippen LogP contribution is -1.94. The summed E-state index contributed by atoms with van der Waals surface area (Å²) in [5.41, 5.74) is 15.9. The second-order valence-corrected chi connectivity index (χ2v) is 13.8. The molecule has 0 radical (unpaired) electrons. The Bertz CT molecular complexity index is 2410. The van der Waals surface area contributed by atoms with Crippen molar-refractivity contribution in [3.63, 3.8) is 0 Å². The molecular formula is C49H44N2. The maximum Gasteiger partial charge on any atom is 0.0708 e. The van der Waals surface area contributed by atoms with Gasteiger partial charge >= 0.3 is 0 Å². The molecule has 8 rings (SSSR count). The van der Waals surface area contributed by atoms with Crippen molar-refractivity contribution in [3.8, 4) is 55.9 Å². The van der Waals surface area contributed by atoms with Crippen molar-refractivity contribution in [3.05, 3.63) is 180 Å². The summed E-state index contributed by atoms with van der Waals surface area (Å²) in [6.07, 6.45) is 9.34. The highest BCUT2D eigenvalue weighted by Gasteiger charge is 2.17. The Kier molecular flexibility index (Phi) is 8.12. The van der Waals surface area contributed by atoms with Gasteiger partial charge in [0.1, 0.15) is 0 Å². The third-order valence-electron chi connectivity index (χ3n) is 10.2. The van der Waals surface area contributed by atoms with E-state index in [1.165, 1.54) is 39.6 Å². The zero-order valence-electron chi connectivity index (χ0n) is 33.1. The summed E-state index contributed by atoms with van der Waals surface area (Å²) >= 11 is 0. The van der Waals surface area contributed by atoms with Crippen LogP contribution in [0.4, 0.5) is 0 Å². The van der Waals surface area contributed by atoms with E-state index in [-0.39, 0.29) is 5.56 Å². The van der Waals surface area contributed by atoms with E-state index in [4.69, 9.17) is 10.5 Å². The van der Waals surface area contributed by atoms with Crippen LogP contribution < -0.4 is 0 Å². The number of pyridine rings is 2. The van der Waals surface area contributed by atoms with Gasteiger partial charge in [0.15, 0.2) is 0 Å². The first-order valence-corrected chi connectivity index (χ1v) is 18.1. The van der Waals surface area contributed by atoms with Crippen molar-refractivity contribution in [2.45, 2.75) is 58.2 Å². The van der Waals surface area contributed by atoms with E-state index in [9.17, 15) is 0 Å². The molecule has 7 aromatic rings. The van der Waals surface area contributed by atoms with Crippen LogP contribution in [0.1, 0.15) is 64.9 Å². The zero-order valence-corrected chi connectivity index (χ0v) is 29.1. The van der Waals surface area contributed by atoms with Crippen molar-refractivity contribution in [1.29, 1.82) is 0 Å². The molecule has 0 spiro atoms. The van der Waals surface area contributed by atoms with E-state index in [1.807, 2.05) is 6.20 Å². The first-order valence-electron chi connectivity index (χ1n) is 20.1. The van der Waals surface area contributed by atoms with E-state index < -0.39 is 12.7 Å². The van der Waals surface area contributed by atoms with Crippen molar-refractivity contribution in [1.82, 2.24) is 9.97 Å². The van der Waals surface area contributed by atoms with E-state index in [0.29, 0.717) is 0 Å². The Balaban J connectivity index is 0.971. The molecule has 51 heavy (non-hydrogen) atoms. The average molecular weight is 665 g/mol.